The number of hydrogen-bond acceptors (Lipinski definition) is 8. The first kappa shape index (κ1) is 22.9. The number of nitrogens with zero attached hydrogens (tertiary/aromatic N) is 4. The van der Waals surface area contributed by atoms with Gasteiger partial charge in [-0.3, -0.25) is 0 Å². The van der Waals surface area contributed by atoms with E-state index >= 15 is 0 Å². The van der Waals surface area contributed by atoms with E-state index < -0.39 is 0 Å². The molecule has 0 aromatic rings. The van der Waals surface area contributed by atoms with Crippen LogP contribution in [0, 0.1) is 22.9 Å². The van der Waals surface area contributed by atoms with Crippen molar-refractivity contribution in [2.75, 3.05) is 5.08 Å². The minimum absolute atomic E-state index is 0. The van der Waals surface area contributed by atoms with Crippen molar-refractivity contribution in [1.29, 1.82) is 10.5 Å². The summed E-state index contributed by atoms with van der Waals surface area (Å²) in [6.07, 6.45) is 3.15. The third kappa shape index (κ3) is 16.7. The van der Waals surface area contributed by atoms with Crippen molar-refractivity contribution in [1.82, 2.24) is 0 Å². The zero-order valence-corrected chi connectivity index (χ0v) is 17.6. The van der Waals surface area contributed by atoms with Crippen LogP contribution in [0.3, 0.4) is 0 Å². The molecule has 0 atom stereocenters. The average molecular weight is 325 g/mol. The number of hydrogen-bond donors (Lipinski definition) is 0. The van der Waals surface area contributed by atoms with Gasteiger partial charge >= 0.3 is 103 Å². The predicted octanol–water partition coefficient (Wildman–Crippen LogP) is -4.81. The van der Waals surface area contributed by atoms with Gasteiger partial charge in [0.05, 0.1) is 0 Å². The van der Waals surface area contributed by atoms with Crippen molar-refractivity contribution in [2.45, 2.75) is 0 Å². The molecule has 0 unspecified atom stereocenters. The maximum absolute atomic E-state index is 8.12. The van der Waals surface area contributed by atoms with Crippen molar-refractivity contribution < 1.29 is 103 Å². The SMILES string of the molecule is N#CN=C([S-])SCSC([S-])=NC#N.[K+].[K+]. The summed E-state index contributed by atoms with van der Waals surface area (Å²) in [6.45, 7) is 0. The molecule has 0 aromatic carbocycles. The van der Waals surface area contributed by atoms with Crippen LogP contribution >= 0.6 is 23.5 Å². The van der Waals surface area contributed by atoms with Crippen molar-refractivity contribution in [2.24, 2.45) is 9.98 Å². The Morgan fingerprint density at radius 2 is 1.33 bits per heavy atom. The number of aliphatic imine (C=N–C) groups is 2. The summed E-state index contributed by atoms with van der Waals surface area (Å²) in [7, 11) is 0. The molecule has 68 valence electrons. The second kappa shape index (κ2) is 16.7. The van der Waals surface area contributed by atoms with Gasteiger partial charge in [-0.1, -0.05) is 0 Å². The molecule has 0 fully saturated rings. The zero-order valence-electron chi connectivity index (χ0n) is 8.13. The molecule has 0 bridgehead atoms. The van der Waals surface area contributed by atoms with E-state index in [9.17, 15) is 0 Å². The van der Waals surface area contributed by atoms with Crippen molar-refractivity contribution in [3.63, 3.8) is 0 Å². The summed E-state index contributed by atoms with van der Waals surface area (Å²) in [6, 6.07) is 0. The van der Waals surface area contributed by atoms with Gasteiger partial charge in [-0.2, -0.15) is 20.5 Å². The Kier molecular flexibility index (Phi) is 25.5. The van der Waals surface area contributed by atoms with Crippen LogP contribution in [0.15, 0.2) is 9.98 Å². The fraction of sp³-hybridized carbons (Fsp3) is 0.200. The number of thioether (sulfide) groups is 2. The maximum atomic E-state index is 8.12. The molecular formula is C5H2K2N4S4. The molecule has 10 heteroatoms. The van der Waals surface area contributed by atoms with Crippen LogP contribution in [-0.2, 0) is 25.3 Å². The van der Waals surface area contributed by atoms with Gasteiger partial charge in [0.2, 0.25) is 12.4 Å². The van der Waals surface area contributed by atoms with Gasteiger partial charge in [-0.15, -0.1) is 23.5 Å². The molecule has 0 aromatic heterocycles. The van der Waals surface area contributed by atoms with E-state index in [2.05, 4.69) is 9.98 Å². The zero-order chi connectivity index (χ0) is 10.1. The molecule has 4 nitrogen and oxygen atoms in total. The molecule has 0 rings (SSSR count). The summed E-state index contributed by atoms with van der Waals surface area (Å²) >= 11 is 11.8. The molecule has 0 heterocycles. The van der Waals surface area contributed by atoms with Gasteiger partial charge in [0.15, 0.2) is 0 Å². The summed E-state index contributed by atoms with van der Waals surface area (Å²) in [5.74, 6) is 0. The van der Waals surface area contributed by atoms with Crippen LogP contribution in [0.5, 0.6) is 0 Å². The third-order valence-electron chi connectivity index (χ3n) is 0.647. The second-order valence-corrected chi connectivity index (χ2v) is 4.95. The molecular weight excluding hydrogens is 323 g/mol. The van der Waals surface area contributed by atoms with E-state index in [1.54, 1.807) is 12.4 Å². The van der Waals surface area contributed by atoms with Crippen LogP contribution in [0.1, 0.15) is 0 Å². The van der Waals surface area contributed by atoms with Gasteiger partial charge < -0.3 is 25.3 Å². The van der Waals surface area contributed by atoms with E-state index in [1.165, 1.54) is 23.5 Å². The van der Waals surface area contributed by atoms with Crippen LogP contribution in [0.2, 0.25) is 0 Å². The monoisotopic (exact) mass is 324 g/mol. The Bertz CT molecular complexity index is 275. The Morgan fingerprint density at radius 1 is 1.00 bits per heavy atom. The molecule has 0 saturated carbocycles. The summed E-state index contributed by atoms with van der Waals surface area (Å²) in [5, 5.41) is 16.7. The van der Waals surface area contributed by atoms with Gasteiger partial charge in [-0.05, 0) is 8.75 Å². The topological polar surface area (TPSA) is 72.3 Å². The Balaban J connectivity index is -0.000000720. The maximum Gasteiger partial charge on any atom is 1.00 e. The Morgan fingerprint density at radius 3 is 1.60 bits per heavy atom. The fourth-order valence-corrected chi connectivity index (χ4v) is 2.48. The third-order valence-corrected chi connectivity index (χ3v) is 3.16. The second-order valence-electron chi connectivity index (χ2n) is 1.36. The number of nitriles is 2. The first-order chi connectivity index (χ1) is 6.20. The molecule has 0 radical (unpaired) electrons. The molecule has 0 aliphatic heterocycles. The standard InChI is InChI=1S/C5H4N4S4.2K/c6-1-8-4(10)12-3-13-5(11)9-2-7;;/h3H2,(H,8,10)(H,9,11);;/q;2*+1/p-2. The molecule has 0 spiro atoms. The predicted molar refractivity (Wildman–Crippen MR) is 60.9 cm³/mol. The molecule has 0 aliphatic carbocycles. The first-order valence-corrected chi connectivity index (χ1v) is 5.52. The minimum atomic E-state index is 0. The van der Waals surface area contributed by atoms with Crippen molar-refractivity contribution in [3.8, 4) is 12.4 Å². The largest absolute Gasteiger partial charge is 1.00 e. The van der Waals surface area contributed by atoms with E-state index in [0.717, 1.165) is 0 Å². The van der Waals surface area contributed by atoms with Crippen molar-refractivity contribution in [3.05, 3.63) is 0 Å². The minimum Gasteiger partial charge on any atom is -0.752 e. The smallest absolute Gasteiger partial charge is 0.752 e. The van der Waals surface area contributed by atoms with Crippen LogP contribution in [0.4, 0.5) is 0 Å². The molecule has 0 aliphatic rings. The van der Waals surface area contributed by atoms with Crippen LogP contribution in [-0.4, -0.2) is 13.8 Å². The quantitative estimate of drug-likeness (QED) is 0.127. The van der Waals surface area contributed by atoms with E-state index in [-0.39, 0.29) is 112 Å². The fourth-order valence-electron chi connectivity index (χ4n) is 0.276. The summed E-state index contributed by atoms with van der Waals surface area (Å²) in [5.41, 5.74) is 0. The van der Waals surface area contributed by atoms with Gasteiger partial charge in [0, 0.05) is 5.08 Å². The normalized spacial score (nSPS) is 10.3. The van der Waals surface area contributed by atoms with Crippen LogP contribution < -0.4 is 103 Å². The molecule has 0 saturated heterocycles. The summed E-state index contributed by atoms with van der Waals surface area (Å²) < 4.78 is 0.518. The number of rotatable bonds is 2. The average Bonchev–Trinajstić information content (AvgIpc) is 2.05. The van der Waals surface area contributed by atoms with E-state index in [1.807, 2.05) is 0 Å². The Labute approximate surface area is 193 Å². The molecule has 0 N–H and O–H groups in total. The van der Waals surface area contributed by atoms with Crippen molar-refractivity contribution >= 4 is 57.5 Å². The van der Waals surface area contributed by atoms with Gasteiger partial charge in [0.1, 0.15) is 0 Å². The molecule has 0 amide bonds. The summed E-state index contributed by atoms with van der Waals surface area (Å²) in [4.78, 5) is 6.63. The van der Waals surface area contributed by atoms with Crippen LogP contribution in [0.25, 0.3) is 0 Å². The van der Waals surface area contributed by atoms with E-state index in [4.69, 9.17) is 35.8 Å². The molecule has 15 heavy (non-hydrogen) atoms. The Hall–Kier alpha value is 2.73. The van der Waals surface area contributed by atoms with E-state index in [0.29, 0.717) is 5.08 Å². The van der Waals surface area contributed by atoms with Gasteiger partial charge in [0.25, 0.3) is 0 Å². The first-order valence-electron chi connectivity index (χ1n) is 2.74. The van der Waals surface area contributed by atoms with Gasteiger partial charge in [-0.25, -0.2) is 0 Å².